The second-order valence-electron chi connectivity index (χ2n) is 4.01. The smallest absolute Gasteiger partial charge is 0.123 e. The summed E-state index contributed by atoms with van der Waals surface area (Å²) in [5, 5.41) is 0. The molecule has 0 saturated heterocycles. The largest absolute Gasteiger partial charge is 0.320 e. The third-order valence-electron chi connectivity index (χ3n) is 2.79. The Balaban J connectivity index is 2.40. The van der Waals surface area contributed by atoms with E-state index in [0.29, 0.717) is 0 Å². The minimum absolute atomic E-state index is 0.206. The molecule has 0 radical (unpaired) electrons. The normalized spacial score (nSPS) is 12.5. The van der Waals surface area contributed by atoms with E-state index in [1.54, 1.807) is 12.1 Å². The molecule has 0 fully saturated rings. The van der Waals surface area contributed by atoms with E-state index in [0.717, 1.165) is 11.1 Å². The Morgan fingerprint density at radius 3 is 2.41 bits per heavy atom. The van der Waals surface area contributed by atoms with E-state index in [2.05, 4.69) is 35.6 Å². The van der Waals surface area contributed by atoms with Crippen LogP contribution >= 0.6 is 22.6 Å². The zero-order chi connectivity index (χ0) is 12.4. The van der Waals surface area contributed by atoms with Crippen LogP contribution in [0.25, 0.3) is 0 Å². The number of halogens is 2. The van der Waals surface area contributed by atoms with E-state index in [-0.39, 0.29) is 11.9 Å². The van der Waals surface area contributed by atoms with Gasteiger partial charge in [0.2, 0.25) is 0 Å². The lowest BCUT2D eigenvalue weighted by atomic mass is 9.98. The van der Waals surface area contributed by atoms with Gasteiger partial charge in [-0.05, 0) is 58.3 Å². The van der Waals surface area contributed by atoms with Crippen LogP contribution in [-0.2, 0) is 0 Å². The van der Waals surface area contributed by atoms with Gasteiger partial charge >= 0.3 is 0 Å². The van der Waals surface area contributed by atoms with Crippen LogP contribution in [0.15, 0.2) is 42.5 Å². The molecule has 0 aliphatic rings. The van der Waals surface area contributed by atoms with E-state index < -0.39 is 0 Å². The lowest BCUT2D eigenvalue weighted by molar-refractivity contribution is 0.626. The van der Waals surface area contributed by atoms with E-state index in [1.165, 1.54) is 21.3 Å². The maximum Gasteiger partial charge on any atom is 0.123 e. The molecule has 2 rings (SSSR count). The Hall–Kier alpha value is -0.940. The highest BCUT2D eigenvalue weighted by atomic mass is 127. The van der Waals surface area contributed by atoms with Crippen molar-refractivity contribution in [1.82, 2.24) is 0 Å². The van der Waals surface area contributed by atoms with Crippen molar-refractivity contribution in [2.75, 3.05) is 0 Å². The van der Waals surface area contributed by atoms with Crippen molar-refractivity contribution in [2.24, 2.45) is 5.73 Å². The Morgan fingerprint density at radius 1 is 1.12 bits per heavy atom. The van der Waals surface area contributed by atoms with E-state index in [4.69, 9.17) is 5.73 Å². The topological polar surface area (TPSA) is 26.0 Å². The van der Waals surface area contributed by atoms with Crippen molar-refractivity contribution in [3.05, 3.63) is 68.5 Å². The first-order valence-electron chi connectivity index (χ1n) is 5.35. The van der Waals surface area contributed by atoms with Crippen molar-refractivity contribution >= 4 is 22.6 Å². The Labute approximate surface area is 114 Å². The van der Waals surface area contributed by atoms with Crippen LogP contribution in [0.4, 0.5) is 4.39 Å². The molecule has 0 saturated carbocycles. The third-order valence-corrected chi connectivity index (χ3v) is 4.26. The summed E-state index contributed by atoms with van der Waals surface area (Å²) >= 11 is 2.30. The number of aryl methyl sites for hydroxylation is 1. The van der Waals surface area contributed by atoms with Gasteiger partial charge in [0, 0.05) is 3.57 Å². The standard InChI is InChI=1S/C14H13FIN/c1-9-3-2-4-12(13(9)16)14(17)10-5-7-11(15)8-6-10/h2-8,14H,17H2,1H3. The summed E-state index contributed by atoms with van der Waals surface area (Å²) in [5.41, 5.74) is 9.42. The van der Waals surface area contributed by atoms with Crippen molar-refractivity contribution in [1.29, 1.82) is 0 Å². The Morgan fingerprint density at radius 2 is 1.76 bits per heavy atom. The third kappa shape index (κ3) is 2.66. The lowest BCUT2D eigenvalue weighted by Crippen LogP contribution is -2.13. The molecule has 0 amide bonds. The van der Waals surface area contributed by atoms with Gasteiger partial charge < -0.3 is 5.73 Å². The molecule has 0 aromatic heterocycles. The van der Waals surface area contributed by atoms with Crippen molar-refractivity contribution in [2.45, 2.75) is 13.0 Å². The zero-order valence-electron chi connectivity index (χ0n) is 9.45. The molecular weight excluding hydrogens is 328 g/mol. The first kappa shape index (κ1) is 12.5. The van der Waals surface area contributed by atoms with Crippen LogP contribution in [-0.4, -0.2) is 0 Å². The van der Waals surface area contributed by atoms with Gasteiger partial charge in [-0.1, -0.05) is 30.3 Å². The molecule has 0 spiro atoms. The molecule has 0 bridgehead atoms. The number of rotatable bonds is 2. The second kappa shape index (κ2) is 5.14. The first-order valence-corrected chi connectivity index (χ1v) is 6.43. The highest BCUT2D eigenvalue weighted by Crippen LogP contribution is 2.26. The molecule has 1 nitrogen and oxygen atoms in total. The van der Waals surface area contributed by atoms with Gasteiger partial charge in [0.1, 0.15) is 5.82 Å². The van der Waals surface area contributed by atoms with Crippen molar-refractivity contribution in [3.63, 3.8) is 0 Å². The summed E-state index contributed by atoms with van der Waals surface area (Å²) in [4.78, 5) is 0. The molecule has 0 aliphatic heterocycles. The van der Waals surface area contributed by atoms with Crippen molar-refractivity contribution in [3.8, 4) is 0 Å². The van der Waals surface area contributed by atoms with Crippen LogP contribution in [0.2, 0.25) is 0 Å². The van der Waals surface area contributed by atoms with Crippen LogP contribution in [0.1, 0.15) is 22.7 Å². The van der Waals surface area contributed by atoms with Gasteiger partial charge in [-0.3, -0.25) is 0 Å². The van der Waals surface area contributed by atoms with Gasteiger partial charge in [-0.2, -0.15) is 0 Å². The minimum atomic E-state index is -0.236. The molecule has 88 valence electrons. The summed E-state index contributed by atoms with van der Waals surface area (Å²) in [5.74, 6) is -0.236. The van der Waals surface area contributed by atoms with Crippen LogP contribution in [0.5, 0.6) is 0 Å². The minimum Gasteiger partial charge on any atom is -0.320 e. The van der Waals surface area contributed by atoms with E-state index in [1.807, 2.05) is 12.1 Å². The SMILES string of the molecule is Cc1cccc(C(N)c2ccc(F)cc2)c1I. The van der Waals surface area contributed by atoms with Gasteiger partial charge in [0.05, 0.1) is 6.04 Å². The molecule has 2 aromatic carbocycles. The fourth-order valence-electron chi connectivity index (χ4n) is 1.76. The summed E-state index contributed by atoms with van der Waals surface area (Å²) in [7, 11) is 0. The first-order chi connectivity index (χ1) is 8.09. The second-order valence-corrected chi connectivity index (χ2v) is 5.09. The fraction of sp³-hybridized carbons (Fsp3) is 0.143. The lowest BCUT2D eigenvalue weighted by Gasteiger charge is -2.15. The number of hydrogen-bond acceptors (Lipinski definition) is 1. The maximum absolute atomic E-state index is 12.9. The average molecular weight is 341 g/mol. The molecule has 17 heavy (non-hydrogen) atoms. The highest BCUT2D eigenvalue weighted by molar-refractivity contribution is 14.1. The predicted octanol–water partition coefficient (Wildman–Crippen LogP) is 3.79. The van der Waals surface area contributed by atoms with Gasteiger partial charge in [-0.25, -0.2) is 4.39 Å². The molecule has 2 N–H and O–H groups in total. The Bertz CT molecular complexity index is 522. The molecule has 2 aromatic rings. The molecule has 1 atom stereocenters. The number of nitrogens with two attached hydrogens (primary N) is 1. The van der Waals surface area contributed by atoms with Gasteiger partial charge in [0.15, 0.2) is 0 Å². The highest BCUT2D eigenvalue weighted by Gasteiger charge is 2.12. The number of hydrogen-bond donors (Lipinski definition) is 1. The van der Waals surface area contributed by atoms with E-state index >= 15 is 0 Å². The summed E-state index contributed by atoms with van der Waals surface area (Å²) in [6.45, 7) is 2.06. The summed E-state index contributed by atoms with van der Waals surface area (Å²) < 4.78 is 14.0. The zero-order valence-corrected chi connectivity index (χ0v) is 11.6. The molecule has 1 unspecified atom stereocenters. The molecule has 0 heterocycles. The quantitative estimate of drug-likeness (QED) is 0.827. The molecular formula is C14H13FIN. The van der Waals surface area contributed by atoms with Crippen LogP contribution < -0.4 is 5.73 Å². The predicted molar refractivity (Wildman–Crippen MR) is 76.3 cm³/mol. The van der Waals surface area contributed by atoms with Gasteiger partial charge in [-0.15, -0.1) is 0 Å². The molecule has 0 aliphatic carbocycles. The van der Waals surface area contributed by atoms with Gasteiger partial charge in [0.25, 0.3) is 0 Å². The Kier molecular flexibility index (Phi) is 3.79. The summed E-state index contributed by atoms with van der Waals surface area (Å²) in [6, 6.07) is 12.2. The van der Waals surface area contributed by atoms with Crippen molar-refractivity contribution < 1.29 is 4.39 Å². The summed E-state index contributed by atoms with van der Waals surface area (Å²) in [6.07, 6.45) is 0. The fourth-order valence-corrected chi connectivity index (χ4v) is 2.46. The molecule has 3 heteroatoms. The average Bonchev–Trinajstić information content (AvgIpc) is 2.33. The monoisotopic (exact) mass is 341 g/mol. The van der Waals surface area contributed by atoms with E-state index in [9.17, 15) is 4.39 Å². The van der Waals surface area contributed by atoms with Crippen LogP contribution in [0.3, 0.4) is 0 Å². The van der Waals surface area contributed by atoms with Crippen LogP contribution in [0, 0.1) is 16.3 Å². The maximum atomic E-state index is 12.9. The number of benzene rings is 2.